The first kappa shape index (κ1) is 15.0. The molecule has 0 spiro atoms. The van der Waals surface area contributed by atoms with Gasteiger partial charge in [0, 0.05) is 28.7 Å². The summed E-state index contributed by atoms with van der Waals surface area (Å²) in [5.41, 5.74) is 1.30. The Morgan fingerprint density at radius 1 is 1.41 bits per heavy atom. The van der Waals surface area contributed by atoms with E-state index in [4.69, 9.17) is 0 Å². The van der Waals surface area contributed by atoms with E-state index in [9.17, 15) is 0 Å². The fraction of sp³-hybridized carbons (Fsp3) is 0.615. The Morgan fingerprint density at radius 2 is 2.24 bits per heavy atom. The van der Waals surface area contributed by atoms with Gasteiger partial charge in [-0.25, -0.2) is 0 Å². The summed E-state index contributed by atoms with van der Waals surface area (Å²) in [6.45, 7) is 5.51. The molecule has 0 bridgehead atoms. The van der Waals surface area contributed by atoms with Crippen molar-refractivity contribution in [3.05, 3.63) is 28.5 Å². The predicted octanol–water partition coefficient (Wildman–Crippen LogP) is 3.51. The van der Waals surface area contributed by atoms with Crippen LogP contribution in [0.4, 0.5) is 0 Å². The average Bonchev–Trinajstić information content (AvgIpc) is 2.32. The lowest BCUT2D eigenvalue weighted by atomic mass is 10.1. The largest absolute Gasteiger partial charge is 0.313 e. The first-order chi connectivity index (χ1) is 8.26. The fourth-order valence-corrected chi connectivity index (χ4v) is 2.82. The summed E-state index contributed by atoms with van der Waals surface area (Å²) < 4.78 is 1.06. The smallest absolute Gasteiger partial charge is 0.0410 e. The van der Waals surface area contributed by atoms with E-state index in [1.54, 1.807) is 0 Å². The molecule has 96 valence electrons. The van der Waals surface area contributed by atoms with Crippen molar-refractivity contribution < 1.29 is 0 Å². The van der Waals surface area contributed by atoms with Crippen LogP contribution < -0.4 is 5.32 Å². The molecule has 0 saturated carbocycles. The van der Waals surface area contributed by atoms with Gasteiger partial charge in [-0.2, -0.15) is 11.8 Å². The molecule has 17 heavy (non-hydrogen) atoms. The normalized spacial score (nSPS) is 12.6. The number of nitrogens with one attached hydrogen (secondary N) is 1. The molecular weight excluding hydrogens is 296 g/mol. The molecule has 1 heterocycles. The van der Waals surface area contributed by atoms with Crippen LogP contribution in [0.1, 0.15) is 25.8 Å². The summed E-state index contributed by atoms with van der Waals surface area (Å²) in [5.74, 6) is 2.35. The molecule has 0 radical (unpaired) electrons. The summed E-state index contributed by atoms with van der Waals surface area (Å²) in [6.07, 6.45) is 6.03. The minimum absolute atomic E-state index is 0.552. The molecular formula is C13H21BrN2S. The topological polar surface area (TPSA) is 24.9 Å². The number of hydrogen-bond acceptors (Lipinski definition) is 3. The van der Waals surface area contributed by atoms with E-state index in [2.05, 4.69) is 46.1 Å². The Kier molecular flexibility index (Phi) is 7.90. The zero-order chi connectivity index (χ0) is 12.5. The van der Waals surface area contributed by atoms with Gasteiger partial charge in [-0.3, -0.25) is 4.98 Å². The maximum atomic E-state index is 4.22. The van der Waals surface area contributed by atoms with Gasteiger partial charge in [0.2, 0.25) is 0 Å². The highest BCUT2D eigenvalue weighted by Gasteiger charge is 2.09. The number of thioether (sulfide) groups is 1. The van der Waals surface area contributed by atoms with Gasteiger partial charge in [-0.15, -0.1) is 0 Å². The van der Waals surface area contributed by atoms with Gasteiger partial charge in [0.1, 0.15) is 0 Å². The Morgan fingerprint density at radius 3 is 2.88 bits per heavy atom. The molecule has 1 aromatic rings. The van der Waals surface area contributed by atoms with Gasteiger partial charge in [0.25, 0.3) is 0 Å². The van der Waals surface area contributed by atoms with Crippen LogP contribution in [0.3, 0.4) is 0 Å². The highest BCUT2D eigenvalue weighted by Crippen LogP contribution is 2.13. The first-order valence-electron chi connectivity index (χ1n) is 6.16. The first-order valence-corrected chi connectivity index (χ1v) is 8.11. The van der Waals surface area contributed by atoms with Crippen LogP contribution in [0.15, 0.2) is 22.9 Å². The molecule has 0 aliphatic rings. The average molecular weight is 317 g/mol. The van der Waals surface area contributed by atoms with Crippen molar-refractivity contribution in [3.63, 3.8) is 0 Å². The van der Waals surface area contributed by atoms with E-state index in [1.807, 2.05) is 24.2 Å². The highest BCUT2D eigenvalue weighted by molar-refractivity contribution is 9.10. The van der Waals surface area contributed by atoms with Crippen LogP contribution in [0.5, 0.6) is 0 Å². The van der Waals surface area contributed by atoms with Gasteiger partial charge in [0.05, 0.1) is 0 Å². The zero-order valence-electron chi connectivity index (χ0n) is 10.6. The summed E-state index contributed by atoms with van der Waals surface area (Å²) in [5, 5.41) is 3.61. The van der Waals surface area contributed by atoms with E-state index in [1.165, 1.54) is 23.5 Å². The second-order valence-corrected chi connectivity index (χ2v) is 6.26. The van der Waals surface area contributed by atoms with Crippen LogP contribution >= 0.6 is 27.7 Å². The van der Waals surface area contributed by atoms with Gasteiger partial charge in [0.15, 0.2) is 0 Å². The molecule has 0 fully saturated rings. The SMILES string of the molecule is CCCNC(CSCC)Cc1cncc(Br)c1. The second-order valence-electron chi connectivity index (χ2n) is 4.03. The fourth-order valence-electron chi connectivity index (χ4n) is 1.65. The van der Waals surface area contributed by atoms with Crippen molar-refractivity contribution in [2.75, 3.05) is 18.1 Å². The lowest BCUT2D eigenvalue weighted by Crippen LogP contribution is -2.34. The number of pyridine rings is 1. The molecule has 0 aliphatic carbocycles. The molecule has 1 N–H and O–H groups in total. The minimum atomic E-state index is 0.552. The number of nitrogens with zero attached hydrogens (tertiary/aromatic N) is 1. The number of hydrogen-bond donors (Lipinski definition) is 1. The van der Waals surface area contributed by atoms with E-state index < -0.39 is 0 Å². The minimum Gasteiger partial charge on any atom is -0.313 e. The summed E-state index contributed by atoms with van der Waals surface area (Å²) in [7, 11) is 0. The van der Waals surface area contributed by atoms with E-state index in [-0.39, 0.29) is 0 Å². The molecule has 0 aliphatic heterocycles. The second kappa shape index (κ2) is 8.95. The van der Waals surface area contributed by atoms with Gasteiger partial charge in [-0.1, -0.05) is 13.8 Å². The third-order valence-electron chi connectivity index (χ3n) is 2.45. The Hall–Kier alpha value is -0.0600. The summed E-state index contributed by atoms with van der Waals surface area (Å²) in [4.78, 5) is 4.22. The molecule has 0 amide bonds. The van der Waals surface area contributed by atoms with Crippen LogP contribution in [0.25, 0.3) is 0 Å². The molecule has 2 nitrogen and oxygen atoms in total. The Balaban J connectivity index is 2.51. The van der Waals surface area contributed by atoms with Crippen LogP contribution in [0.2, 0.25) is 0 Å². The third-order valence-corrected chi connectivity index (χ3v) is 3.93. The molecule has 1 aromatic heterocycles. The molecule has 1 atom stereocenters. The highest BCUT2D eigenvalue weighted by atomic mass is 79.9. The monoisotopic (exact) mass is 316 g/mol. The number of aromatic nitrogens is 1. The van der Waals surface area contributed by atoms with Crippen molar-refractivity contribution in [1.29, 1.82) is 0 Å². The molecule has 0 saturated heterocycles. The number of rotatable bonds is 8. The lowest BCUT2D eigenvalue weighted by Gasteiger charge is -2.18. The standard InChI is InChI=1S/C13H21BrN2S/c1-3-5-16-13(10-17-4-2)7-11-6-12(14)9-15-8-11/h6,8-9,13,16H,3-5,7,10H2,1-2H3. The maximum Gasteiger partial charge on any atom is 0.0410 e. The van der Waals surface area contributed by atoms with Crippen molar-refractivity contribution in [1.82, 2.24) is 10.3 Å². The van der Waals surface area contributed by atoms with E-state index in [0.717, 1.165) is 17.4 Å². The van der Waals surface area contributed by atoms with Gasteiger partial charge < -0.3 is 5.32 Å². The molecule has 1 rings (SSSR count). The van der Waals surface area contributed by atoms with Gasteiger partial charge in [-0.05, 0) is 52.7 Å². The third kappa shape index (κ3) is 6.43. The summed E-state index contributed by atoms with van der Waals surface area (Å²) >= 11 is 5.46. The Labute approximate surface area is 117 Å². The van der Waals surface area contributed by atoms with Crippen molar-refractivity contribution in [3.8, 4) is 0 Å². The molecule has 1 unspecified atom stereocenters. The van der Waals surface area contributed by atoms with Crippen LogP contribution in [-0.4, -0.2) is 29.1 Å². The van der Waals surface area contributed by atoms with Crippen molar-refractivity contribution in [2.24, 2.45) is 0 Å². The quantitative estimate of drug-likeness (QED) is 0.794. The van der Waals surface area contributed by atoms with Gasteiger partial charge >= 0.3 is 0 Å². The number of halogens is 1. The summed E-state index contributed by atoms with van der Waals surface area (Å²) in [6, 6.07) is 2.71. The lowest BCUT2D eigenvalue weighted by molar-refractivity contribution is 0.549. The molecule has 4 heteroatoms. The van der Waals surface area contributed by atoms with Crippen LogP contribution in [-0.2, 0) is 6.42 Å². The maximum absolute atomic E-state index is 4.22. The van der Waals surface area contributed by atoms with Crippen molar-refractivity contribution >= 4 is 27.7 Å². The zero-order valence-corrected chi connectivity index (χ0v) is 13.0. The van der Waals surface area contributed by atoms with E-state index >= 15 is 0 Å². The molecule has 0 aromatic carbocycles. The predicted molar refractivity (Wildman–Crippen MR) is 80.7 cm³/mol. The van der Waals surface area contributed by atoms with Crippen LogP contribution in [0, 0.1) is 0 Å². The Bertz CT molecular complexity index is 312. The van der Waals surface area contributed by atoms with E-state index in [0.29, 0.717) is 6.04 Å². The van der Waals surface area contributed by atoms with Crippen molar-refractivity contribution in [2.45, 2.75) is 32.7 Å².